The van der Waals surface area contributed by atoms with Crippen LogP contribution in [0.25, 0.3) is 0 Å². The largest absolute Gasteiger partial charge is 0.465 e. The van der Waals surface area contributed by atoms with Crippen LogP contribution >= 0.6 is 0 Å². The smallest absolute Gasteiger partial charge is 0.338 e. The van der Waals surface area contributed by atoms with E-state index in [-0.39, 0.29) is 5.97 Å². The van der Waals surface area contributed by atoms with Gasteiger partial charge in [-0.3, -0.25) is 4.90 Å². The van der Waals surface area contributed by atoms with Crippen LogP contribution in [0.2, 0.25) is 0 Å². The number of nitrogens with zero attached hydrogens (tertiary/aromatic N) is 2. The lowest BCUT2D eigenvalue weighted by molar-refractivity contribution is 0.0597. The third kappa shape index (κ3) is 4.53. The molecule has 0 saturated carbocycles. The lowest BCUT2D eigenvalue weighted by Crippen LogP contribution is -2.45. The molecular formula is C16H24N2O4S. The highest BCUT2D eigenvalue weighted by atomic mass is 32.2. The zero-order chi connectivity index (χ0) is 17.0. The molecule has 1 fully saturated rings. The molecule has 23 heavy (non-hydrogen) atoms. The van der Waals surface area contributed by atoms with Crippen LogP contribution in [-0.4, -0.2) is 63.1 Å². The van der Waals surface area contributed by atoms with Crippen LogP contribution in [0.3, 0.4) is 0 Å². The lowest BCUT2D eigenvalue weighted by Gasteiger charge is -2.35. The van der Waals surface area contributed by atoms with Crippen molar-refractivity contribution in [2.45, 2.75) is 25.4 Å². The summed E-state index contributed by atoms with van der Waals surface area (Å²) >= 11 is 0. The molecule has 0 unspecified atom stereocenters. The first-order valence-corrected chi connectivity index (χ1v) is 9.49. The normalized spacial score (nSPS) is 17.4. The number of piperidine rings is 1. The minimum atomic E-state index is -3.10. The molecule has 128 valence electrons. The summed E-state index contributed by atoms with van der Waals surface area (Å²) < 4.78 is 29.5. The van der Waals surface area contributed by atoms with E-state index in [1.54, 1.807) is 6.07 Å². The van der Waals surface area contributed by atoms with Gasteiger partial charge in [-0.05, 0) is 31.5 Å². The minimum Gasteiger partial charge on any atom is -0.465 e. The van der Waals surface area contributed by atoms with E-state index in [0.717, 1.165) is 18.4 Å². The minimum absolute atomic E-state index is 0.304. The topological polar surface area (TPSA) is 66.9 Å². The zero-order valence-electron chi connectivity index (χ0n) is 13.9. The number of carbonyl (C=O) groups is 1. The standard InChI is InChI=1S/C16H24N2O4S/c1-17(14-8-10-18(11-9-14)23(3,20)21)12-13-6-4-5-7-15(13)16(19)22-2/h4-7,14H,8-12H2,1-3H3. The van der Waals surface area contributed by atoms with Gasteiger partial charge in [-0.15, -0.1) is 0 Å². The molecule has 0 radical (unpaired) electrons. The summed E-state index contributed by atoms with van der Waals surface area (Å²) in [7, 11) is 0.286. The van der Waals surface area contributed by atoms with Gasteiger partial charge in [-0.2, -0.15) is 0 Å². The number of rotatable bonds is 5. The van der Waals surface area contributed by atoms with Gasteiger partial charge in [0, 0.05) is 25.7 Å². The average molecular weight is 340 g/mol. The SMILES string of the molecule is COC(=O)c1ccccc1CN(C)C1CCN(S(C)(=O)=O)CC1. The Morgan fingerprint density at radius 3 is 2.48 bits per heavy atom. The second-order valence-electron chi connectivity index (χ2n) is 5.96. The van der Waals surface area contributed by atoms with Crippen molar-refractivity contribution in [3.8, 4) is 0 Å². The Labute approximate surface area is 138 Å². The summed E-state index contributed by atoms with van der Waals surface area (Å²) in [5, 5.41) is 0. The molecule has 1 aliphatic rings. The third-order valence-electron chi connectivity index (χ3n) is 4.36. The van der Waals surface area contributed by atoms with E-state index in [1.165, 1.54) is 17.7 Å². The van der Waals surface area contributed by atoms with E-state index >= 15 is 0 Å². The predicted octanol–water partition coefficient (Wildman–Crippen LogP) is 1.33. The molecule has 1 aliphatic heterocycles. The van der Waals surface area contributed by atoms with Crippen molar-refractivity contribution in [3.63, 3.8) is 0 Å². The van der Waals surface area contributed by atoms with Crippen LogP contribution in [0, 0.1) is 0 Å². The van der Waals surface area contributed by atoms with Crippen molar-refractivity contribution in [2.75, 3.05) is 33.5 Å². The summed E-state index contributed by atoms with van der Waals surface area (Å²) in [4.78, 5) is 14.0. The van der Waals surface area contributed by atoms with Gasteiger partial charge in [-0.1, -0.05) is 18.2 Å². The highest BCUT2D eigenvalue weighted by Crippen LogP contribution is 2.20. The fraction of sp³-hybridized carbons (Fsp3) is 0.562. The van der Waals surface area contributed by atoms with Gasteiger partial charge in [0.15, 0.2) is 0 Å². The lowest BCUT2D eigenvalue weighted by atomic mass is 10.0. The Balaban J connectivity index is 2.01. The number of carbonyl (C=O) groups excluding carboxylic acids is 1. The van der Waals surface area contributed by atoms with E-state index < -0.39 is 10.0 Å². The van der Waals surface area contributed by atoms with Crippen molar-refractivity contribution in [1.29, 1.82) is 0 Å². The number of hydrogen-bond acceptors (Lipinski definition) is 5. The zero-order valence-corrected chi connectivity index (χ0v) is 14.7. The number of esters is 1. The van der Waals surface area contributed by atoms with Crippen molar-refractivity contribution < 1.29 is 17.9 Å². The van der Waals surface area contributed by atoms with Crippen LogP contribution < -0.4 is 0 Å². The van der Waals surface area contributed by atoms with Crippen LogP contribution in [0.1, 0.15) is 28.8 Å². The highest BCUT2D eigenvalue weighted by Gasteiger charge is 2.27. The molecule has 2 rings (SSSR count). The molecule has 1 saturated heterocycles. The number of benzene rings is 1. The van der Waals surface area contributed by atoms with Crippen LogP contribution in [-0.2, 0) is 21.3 Å². The van der Waals surface area contributed by atoms with Crippen molar-refractivity contribution >= 4 is 16.0 Å². The molecule has 6 nitrogen and oxygen atoms in total. The Kier molecular flexibility index (Phi) is 5.78. The summed E-state index contributed by atoms with van der Waals surface area (Å²) in [5.74, 6) is -0.333. The molecular weight excluding hydrogens is 316 g/mol. The molecule has 1 heterocycles. The number of sulfonamides is 1. The van der Waals surface area contributed by atoms with Crippen molar-refractivity contribution in [1.82, 2.24) is 9.21 Å². The molecule has 0 aliphatic carbocycles. The van der Waals surface area contributed by atoms with Crippen LogP contribution in [0.5, 0.6) is 0 Å². The second kappa shape index (κ2) is 7.42. The van der Waals surface area contributed by atoms with Gasteiger partial charge in [0.05, 0.1) is 18.9 Å². The Morgan fingerprint density at radius 1 is 1.30 bits per heavy atom. The summed E-state index contributed by atoms with van der Waals surface area (Å²) in [6.45, 7) is 1.73. The third-order valence-corrected chi connectivity index (χ3v) is 5.66. The van der Waals surface area contributed by atoms with E-state index in [2.05, 4.69) is 4.90 Å². The fourth-order valence-corrected chi connectivity index (χ4v) is 3.85. The monoisotopic (exact) mass is 340 g/mol. The Hall–Kier alpha value is -1.44. The number of ether oxygens (including phenoxy) is 1. The average Bonchev–Trinajstić information content (AvgIpc) is 2.54. The predicted molar refractivity (Wildman–Crippen MR) is 88.7 cm³/mol. The maximum absolute atomic E-state index is 11.8. The maximum atomic E-state index is 11.8. The molecule has 0 atom stereocenters. The molecule has 1 aromatic carbocycles. The van der Waals surface area contributed by atoms with E-state index in [9.17, 15) is 13.2 Å². The molecule has 0 N–H and O–H groups in total. The summed E-state index contributed by atoms with van der Waals surface area (Å²) in [6.07, 6.45) is 2.84. The van der Waals surface area contributed by atoms with Gasteiger partial charge in [0.2, 0.25) is 10.0 Å². The first-order chi connectivity index (χ1) is 10.8. The molecule has 0 amide bonds. The molecule has 0 spiro atoms. The van der Waals surface area contributed by atoms with Crippen molar-refractivity contribution in [3.05, 3.63) is 35.4 Å². The van der Waals surface area contributed by atoms with Crippen LogP contribution in [0.15, 0.2) is 24.3 Å². The Morgan fingerprint density at radius 2 is 1.91 bits per heavy atom. The van der Waals surface area contributed by atoms with Gasteiger partial charge in [-0.25, -0.2) is 17.5 Å². The number of methoxy groups -OCH3 is 1. The van der Waals surface area contributed by atoms with Gasteiger partial charge >= 0.3 is 5.97 Å². The van der Waals surface area contributed by atoms with Gasteiger partial charge < -0.3 is 4.74 Å². The van der Waals surface area contributed by atoms with Gasteiger partial charge in [0.25, 0.3) is 0 Å². The molecule has 1 aromatic rings. The van der Waals surface area contributed by atoms with E-state index in [0.29, 0.717) is 31.2 Å². The Bertz CT molecular complexity index is 652. The molecule has 0 bridgehead atoms. The first-order valence-electron chi connectivity index (χ1n) is 7.64. The van der Waals surface area contributed by atoms with Crippen molar-refractivity contribution in [2.24, 2.45) is 0 Å². The quantitative estimate of drug-likeness (QED) is 0.757. The summed E-state index contributed by atoms with van der Waals surface area (Å²) in [6, 6.07) is 7.72. The fourth-order valence-electron chi connectivity index (χ4n) is 2.98. The number of hydrogen-bond donors (Lipinski definition) is 0. The molecule has 7 heteroatoms. The van der Waals surface area contributed by atoms with E-state index in [4.69, 9.17) is 4.74 Å². The van der Waals surface area contributed by atoms with E-state index in [1.807, 2.05) is 25.2 Å². The molecule has 0 aromatic heterocycles. The van der Waals surface area contributed by atoms with Gasteiger partial charge in [0.1, 0.15) is 0 Å². The van der Waals surface area contributed by atoms with Crippen LogP contribution in [0.4, 0.5) is 0 Å². The second-order valence-corrected chi connectivity index (χ2v) is 7.94. The highest BCUT2D eigenvalue weighted by molar-refractivity contribution is 7.88. The summed E-state index contributed by atoms with van der Waals surface area (Å²) in [5.41, 5.74) is 1.50. The first kappa shape index (κ1) is 17.9. The maximum Gasteiger partial charge on any atom is 0.338 e.